The van der Waals surface area contributed by atoms with E-state index in [4.69, 9.17) is 27.3 Å². The topological polar surface area (TPSA) is 67.8 Å². The van der Waals surface area contributed by atoms with Crippen molar-refractivity contribution in [2.45, 2.75) is 13.8 Å². The van der Waals surface area contributed by atoms with Crippen LogP contribution in [0.3, 0.4) is 0 Å². The van der Waals surface area contributed by atoms with Crippen LogP contribution in [0.25, 0.3) is 0 Å². The van der Waals surface area contributed by atoms with Gasteiger partial charge in [0.25, 0.3) is 0 Å². The van der Waals surface area contributed by atoms with E-state index in [1.165, 1.54) is 0 Å². The molecule has 0 spiro atoms. The maximum atomic E-state index is 8.87. The number of benzene rings is 2. The molecule has 0 heterocycles. The summed E-state index contributed by atoms with van der Waals surface area (Å²) in [6.07, 6.45) is 0. The molecule has 0 fully saturated rings. The van der Waals surface area contributed by atoms with Gasteiger partial charge in [-0.1, -0.05) is 32.7 Å². The molecule has 0 atom stereocenters. The second-order valence-corrected chi connectivity index (χ2v) is 5.89. The van der Waals surface area contributed by atoms with E-state index in [1.54, 1.807) is 12.1 Å². The molecule has 0 radical (unpaired) electrons. The van der Waals surface area contributed by atoms with E-state index in [1.807, 2.05) is 32.0 Å². The predicted molar refractivity (Wildman–Crippen MR) is 87.7 cm³/mol. The lowest BCUT2D eigenvalue weighted by Gasteiger charge is -2.13. The van der Waals surface area contributed by atoms with Crippen LogP contribution in [0.4, 0.5) is 0 Å². The molecule has 110 valence electrons. The third-order valence-electron chi connectivity index (χ3n) is 2.96. The highest BCUT2D eigenvalue weighted by Crippen LogP contribution is 2.31. The Hall–Kier alpha value is -1.72. The van der Waals surface area contributed by atoms with Gasteiger partial charge in [0, 0.05) is 9.50 Å². The van der Waals surface area contributed by atoms with Crippen LogP contribution < -0.4 is 10.5 Å². The largest absolute Gasteiger partial charge is 0.457 e. The minimum atomic E-state index is -0.0197. The van der Waals surface area contributed by atoms with E-state index >= 15 is 0 Å². The predicted octanol–water partition coefficient (Wildman–Crippen LogP) is 4.61. The summed E-state index contributed by atoms with van der Waals surface area (Å²) < 4.78 is 6.66. The molecule has 0 amide bonds. The van der Waals surface area contributed by atoms with Crippen LogP contribution in [0.2, 0.25) is 5.02 Å². The Kier molecular flexibility index (Phi) is 4.75. The van der Waals surface area contributed by atoms with Crippen molar-refractivity contribution >= 4 is 33.4 Å². The zero-order valence-corrected chi connectivity index (χ0v) is 13.9. The molecule has 0 aliphatic rings. The second kappa shape index (κ2) is 6.37. The molecule has 21 heavy (non-hydrogen) atoms. The van der Waals surface area contributed by atoms with Crippen molar-refractivity contribution in [3.63, 3.8) is 0 Å². The molecule has 4 nitrogen and oxygen atoms in total. The first-order valence-corrected chi connectivity index (χ1v) is 7.31. The lowest BCUT2D eigenvalue weighted by molar-refractivity contribution is 0.318. The fraction of sp³-hybridized carbons (Fsp3) is 0.133. The van der Waals surface area contributed by atoms with E-state index < -0.39 is 0 Å². The molecule has 2 aromatic rings. The summed E-state index contributed by atoms with van der Waals surface area (Å²) in [7, 11) is 0. The Bertz CT molecular complexity index is 694. The number of hydrogen-bond donors (Lipinski definition) is 2. The number of aryl methyl sites for hydroxylation is 2. The van der Waals surface area contributed by atoms with Gasteiger partial charge in [0.1, 0.15) is 11.5 Å². The molecule has 0 saturated carbocycles. The summed E-state index contributed by atoms with van der Waals surface area (Å²) in [6, 6.07) is 8.97. The first-order valence-electron chi connectivity index (χ1n) is 6.14. The quantitative estimate of drug-likeness (QED) is 0.359. The first-order chi connectivity index (χ1) is 9.92. The van der Waals surface area contributed by atoms with Crippen molar-refractivity contribution in [2.75, 3.05) is 0 Å². The van der Waals surface area contributed by atoms with Gasteiger partial charge in [-0.3, -0.25) is 0 Å². The Labute approximate surface area is 136 Å². The molecule has 2 rings (SSSR count). The average Bonchev–Trinajstić information content (AvgIpc) is 2.45. The van der Waals surface area contributed by atoms with Gasteiger partial charge in [-0.25, -0.2) is 0 Å². The van der Waals surface area contributed by atoms with Gasteiger partial charge in [-0.2, -0.15) is 0 Å². The number of halogens is 2. The van der Waals surface area contributed by atoms with Crippen molar-refractivity contribution in [1.29, 1.82) is 0 Å². The summed E-state index contributed by atoms with van der Waals surface area (Å²) >= 11 is 9.49. The van der Waals surface area contributed by atoms with Crippen LogP contribution in [-0.2, 0) is 0 Å². The highest BCUT2D eigenvalue weighted by Gasteiger charge is 2.11. The standard InChI is InChI=1S/C15H14BrClN2O2/c1-8-5-11(6-9(2)14(8)17)21-13-4-3-10(16)7-12(13)15(18)19-20/h3-7,20H,1-2H3,(H2,18,19). The van der Waals surface area contributed by atoms with Gasteiger partial charge in [0.15, 0.2) is 5.84 Å². The van der Waals surface area contributed by atoms with E-state index in [-0.39, 0.29) is 5.84 Å². The van der Waals surface area contributed by atoms with Gasteiger partial charge >= 0.3 is 0 Å². The summed E-state index contributed by atoms with van der Waals surface area (Å²) in [6.45, 7) is 3.82. The van der Waals surface area contributed by atoms with E-state index in [2.05, 4.69) is 21.1 Å². The minimum Gasteiger partial charge on any atom is -0.457 e. The van der Waals surface area contributed by atoms with Gasteiger partial charge in [-0.15, -0.1) is 0 Å². The molecule has 0 aliphatic carbocycles. The fourth-order valence-corrected chi connectivity index (χ4v) is 2.41. The summed E-state index contributed by atoms with van der Waals surface area (Å²) in [4.78, 5) is 0. The molecule has 0 bridgehead atoms. The Morgan fingerprint density at radius 1 is 1.24 bits per heavy atom. The SMILES string of the molecule is Cc1cc(Oc2ccc(Br)cc2/C(N)=N/O)cc(C)c1Cl. The van der Waals surface area contributed by atoms with Gasteiger partial charge in [-0.05, 0) is 55.3 Å². The van der Waals surface area contributed by atoms with E-state index in [9.17, 15) is 0 Å². The third kappa shape index (κ3) is 3.49. The van der Waals surface area contributed by atoms with Crippen molar-refractivity contribution < 1.29 is 9.94 Å². The van der Waals surface area contributed by atoms with Gasteiger partial charge < -0.3 is 15.7 Å². The van der Waals surface area contributed by atoms with Crippen LogP contribution in [0.1, 0.15) is 16.7 Å². The van der Waals surface area contributed by atoms with Crippen molar-refractivity contribution in [1.82, 2.24) is 0 Å². The molecule has 2 aromatic carbocycles. The average molecular weight is 370 g/mol. The Morgan fingerprint density at radius 3 is 2.43 bits per heavy atom. The number of amidine groups is 1. The molecule has 0 unspecified atom stereocenters. The highest BCUT2D eigenvalue weighted by atomic mass is 79.9. The number of nitrogens with zero attached hydrogens (tertiary/aromatic N) is 1. The number of nitrogens with two attached hydrogens (primary N) is 1. The number of hydrogen-bond acceptors (Lipinski definition) is 3. The molecule has 0 saturated heterocycles. The fourth-order valence-electron chi connectivity index (χ4n) is 1.94. The monoisotopic (exact) mass is 368 g/mol. The van der Waals surface area contributed by atoms with Crippen molar-refractivity contribution in [3.05, 3.63) is 56.5 Å². The van der Waals surface area contributed by atoms with E-state index in [0.717, 1.165) is 20.6 Å². The summed E-state index contributed by atoms with van der Waals surface area (Å²) in [5.74, 6) is 1.12. The van der Waals surface area contributed by atoms with Crippen LogP contribution in [-0.4, -0.2) is 11.0 Å². The molecule has 3 N–H and O–H groups in total. The van der Waals surface area contributed by atoms with Gasteiger partial charge in [0.05, 0.1) is 5.56 Å². The summed E-state index contributed by atoms with van der Waals surface area (Å²) in [5, 5.41) is 12.6. The maximum Gasteiger partial charge on any atom is 0.173 e. The number of ether oxygens (including phenoxy) is 1. The third-order valence-corrected chi connectivity index (χ3v) is 4.05. The zero-order chi connectivity index (χ0) is 15.6. The minimum absolute atomic E-state index is 0.0197. The lowest BCUT2D eigenvalue weighted by Crippen LogP contribution is -2.14. The lowest BCUT2D eigenvalue weighted by atomic mass is 10.1. The van der Waals surface area contributed by atoms with E-state index in [0.29, 0.717) is 17.1 Å². The van der Waals surface area contributed by atoms with Crippen molar-refractivity contribution in [2.24, 2.45) is 10.9 Å². The summed E-state index contributed by atoms with van der Waals surface area (Å²) in [5.41, 5.74) is 8.03. The molecular weight excluding hydrogens is 356 g/mol. The van der Waals surface area contributed by atoms with Crippen LogP contribution >= 0.6 is 27.5 Å². The molecule has 0 aromatic heterocycles. The molecule has 0 aliphatic heterocycles. The molecule has 6 heteroatoms. The van der Waals surface area contributed by atoms with Gasteiger partial charge in [0.2, 0.25) is 0 Å². The maximum absolute atomic E-state index is 8.87. The normalized spacial score (nSPS) is 11.5. The number of rotatable bonds is 3. The van der Waals surface area contributed by atoms with Crippen molar-refractivity contribution in [3.8, 4) is 11.5 Å². The number of oxime groups is 1. The second-order valence-electron chi connectivity index (χ2n) is 4.60. The Balaban J connectivity index is 2.45. The zero-order valence-electron chi connectivity index (χ0n) is 11.5. The van der Waals surface area contributed by atoms with Crippen LogP contribution in [0.5, 0.6) is 11.5 Å². The first kappa shape index (κ1) is 15.7. The Morgan fingerprint density at radius 2 is 1.86 bits per heavy atom. The highest BCUT2D eigenvalue weighted by molar-refractivity contribution is 9.10. The van der Waals surface area contributed by atoms with Crippen LogP contribution in [0.15, 0.2) is 40.0 Å². The molecular formula is C15H14BrClN2O2. The van der Waals surface area contributed by atoms with Crippen LogP contribution in [0, 0.1) is 13.8 Å². The smallest absolute Gasteiger partial charge is 0.173 e.